The number of rotatable bonds is 3. The number of pyridine rings is 2. The van der Waals surface area contributed by atoms with Crippen LogP contribution in [-0.4, -0.2) is 43.5 Å². The van der Waals surface area contributed by atoms with Crippen molar-refractivity contribution in [3.63, 3.8) is 0 Å². The monoisotopic (exact) mass is 407 g/mol. The molecule has 0 unspecified atom stereocenters. The van der Waals surface area contributed by atoms with Crippen LogP contribution in [-0.2, 0) is 6.54 Å². The van der Waals surface area contributed by atoms with E-state index in [9.17, 15) is 9.59 Å². The number of thiazole rings is 1. The van der Waals surface area contributed by atoms with Crippen LogP contribution in [0, 0.1) is 6.92 Å². The maximum Gasteiger partial charge on any atom is 0.333 e. The van der Waals surface area contributed by atoms with Gasteiger partial charge in [0.25, 0.3) is 5.91 Å². The molecule has 1 amide bonds. The molecule has 0 fully saturated rings. The predicted molar refractivity (Wildman–Crippen MR) is 110 cm³/mol. The van der Waals surface area contributed by atoms with Crippen LogP contribution in [0.3, 0.4) is 0 Å². The number of H-pyrrole nitrogens is 1. The van der Waals surface area contributed by atoms with E-state index in [0.717, 1.165) is 9.88 Å². The molecule has 10 heteroatoms. The summed E-state index contributed by atoms with van der Waals surface area (Å²) >= 11 is 1.62. The van der Waals surface area contributed by atoms with E-state index < -0.39 is 0 Å². The Bertz CT molecular complexity index is 1290. The molecule has 4 aromatic heterocycles. The zero-order valence-electron chi connectivity index (χ0n) is 15.5. The predicted octanol–water partition coefficient (Wildman–Crippen LogP) is 1.62. The summed E-state index contributed by atoms with van der Waals surface area (Å²) < 4.78 is 1.47. The molecule has 1 aliphatic rings. The third-order valence-corrected chi connectivity index (χ3v) is 5.67. The van der Waals surface area contributed by atoms with Crippen molar-refractivity contribution in [2.24, 2.45) is 0 Å². The summed E-state index contributed by atoms with van der Waals surface area (Å²) in [4.78, 5) is 44.2. The van der Waals surface area contributed by atoms with E-state index in [2.05, 4.69) is 20.3 Å². The zero-order chi connectivity index (χ0) is 20.0. The van der Waals surface area contributed by atoms with E-state index in [1.807, 2.05) is 18.0 Å². The average Bonchev–Trinajstić information content (AvgIpc) is 3.23. The Hall–Kier alpha value is -3.53. The molecule has 0 spiro atoms. The standard InChI is InChI=1S/C19H17N7O2S/c1-11-22-9-12(29-11)10-25-8-7-21-18(27)13-4-5-15(23-17(13)25)26-14-3-2-6-20-16(14)24-19(26)28/h2-6,9H,7-8,10H2,1H3,(H,21,27)(H,20,24,28). The number of hydrogen-bond acceptors (Lipinski definition) is 7. The average molecular weight is 407 g/mol. The summed E-state index contributed by atoms with van der Waals surface area (Å²) in [6, 6.07) is 6.96. The van der Waals surface area contributed by atoms with Gasteiger partial charge in [0, 0.05) is 30.4 Å². The second-order valence-corrected chi connectivity index (χ2v) is 8.02. The maximum atomic E-state index is 12.5. The fourth-order valence-electron chi connectivity index (χ4n) is 3.47. The van der Waals surface area contributed by atoms with Gasteiger partial charge in [-0.1, -0.05) is 0 Å². The molecule has 0 aromatic carbocycles. The molecule has 5 heterocycles. The minimum Gasteiger partial charge on any atom is -0.350 e. The SMILES string of the molecule is Cc1ncc(CN2CCNC(=O)c3ccc(-n4c(=O)[nH]c5ncccc54)nc32)s1. The Kier molecular flexibility index (Phi) is 4.13. The van der Waals surface area contributed by atoms with Crippen LogP contribution in [0.5, 0.6) is 0 Å². The van der Waals surface area contributed by atoms with Gasteiger partial charge in [0.1, 0.15) is 11.6 Å². The Balaban J connectivity index is 1.64. The molecule has 0 atom stereocenters. The van der Waals surface area contributed by atoms with Crippen molar-refractivity contribution in [1.29, 1.82) is 0 Å². The van der Waals surface area contributed by atoms with E-state index in [1.165, 1.54) is 4.57 Å². The summed E-state index contributed by atoms with van der Waals surface area (Å²) in [5.74, 6) is 0.817. The molecular formula is C19H17N7O2S. The number of carbonyl (C=O) groups is 1. The number of nitrogens with one attached hydrogen (secondary N) is 2. The second kappa shape index (κ2) is 6.82. The van der Waals surface area contributed by atoms with E-state index in [1.54, 1.807) is 41.8 Å². The minimum atomic E-state index is -0.325. The highest BCUT2D eigenvalue weighted by atomic mass is 32.1. The van der Waals surface area contributed by atoms with Gasteiger partial charge in [-0.2, -0.15) is 0 Å². The third kappa shape index (κ3) is 3.07. The van der Waals surface area contributed by atoms with Gasteiger partial charge >= 0.3 is 5.69 Å². The van der Waals surface area contributed by atoms with Crippen molar-refractivity contribution in [3.8, 4) is 5.82 Å². The van der Waals surface area contributed by atoms with E-state index in [0.29, 0.717) is 48.0 Å². The van der Waals surface area contributed by atoms with E-state index in [4.69, 9.17) is 4.98 Å². The molecule has 146 valence electrons. The lowest BCUT2D eigenvalue weighted by Crippen LogP contribution is -2.30. The van der Waals surface area contributed by atoms with Crippen molar-refractivity contribution >= 4 is 34.2 Å². The van der Waals surface area contributed by atoms with Crippen molar-refractivity contribution in [2.75, 3.05) is 18.0 Å². The first-order valence-electron chi connectivity index (χ1n) is 9.12. The van der Waals surface area contributed by atoms with Gasteiger partial charge in [-0.25, -0.2) is 24.3 Å². The number of fused-ring (bicyclic) bond motifs is 2. The molecule has 0 saturated heterocycles. The van der Waals surface area contributed by atoms with Crippen molar-refractivity contribution in [3.05, 3.63) is 62.6 Å². The highest BCUT2D eigenvalue weighted by Gasteiger charge is 2.24. The fraction of sp³-hybridized carbons (Fsp3) is 0.211. The quantitative estimate of drug-likeness (QED) is 0.534. The van der Waals surface area contributed by atoms with Crippen LogP contribution in [0.2, 0.25) is 0 Å². The summed E-state index contributed by atoms with van der Waals surface area (Å²) in [5, 5.41) is 3.89. The lowest BCUT2D eigenvalue weighted by molar-refractivity contribution is 0.0958. The van der Waals surface area contributed by atoms with Gasteiger partial charge in [0.2, 0.25) is 0 Å². The first-order chi connectivity index (χ1) is 14.1. The largest absolute Gasteiger partial charge is 0.350 e. The minimum absolute atomic E-state index is 0.171. The molecule has 0 radical (unpaired) electrons. The summed E-state index contributed by atoms with van der Waals surface area (Å²) in [5.41, 5.74) is 1.28. The number of anilines is 1. The number of aryl methyl sites for hydroxylation is 1. The van der Waals surface area contributed by atoms with Gasteiger partial charge in [-0.3, -0.25) is 9.78 Å². The normalized spacial score (nSPS) is 14.0. The highest BCUT2D eigenvalue weighted by molar-refractivity contribution is 7.11. The van der Waals surface area contributed by atoms with Crippen LogP contribution in [0.4, 0.5) is 5.82 Å². The maximum absolute atomic E-state index is 12.5. The van der Waals surface area contributed by atoms with Gasteiger partial charge in [0.15, 0.2) is 5.65 Å². The molecule has 5 rings (SSSR count). The fourth-order valence-corrected chi connectivity index (χ4v) is 4.29. The Morgan fingerprint density at radius 3 is 2.93 bits per heavy atom. The molecule has 1 aliphatic heterocycles. The highest BCUT2D eigenvalue weighted by Crippen LogP contribution is 2.26. The second-order valence-electron chi connectivity index (χ2n) is 6.70. The first-order valence-corrected chi connectivity index (χ1v) is 9.93. The van der Waals surface area contributed by atoms with E-state index >= 15 is 0 Å². The molecule has 0 bridgehead atoms. The van der Waals surface area contributed by atoms with Gasteiger partial charge in [-0.15, -0.1) is 11.3 Å². The molecular weight excluding hydrogens is 390 g/mol. The van der Waals surface area contributed by atoms with Crippen molar-refractivity contribution < 1.29 is 4.79 Å². The van der Waals surface area contributed by atoms with Gasteiger partial charge in [0.05, 0.1) is 22.6 Å². The number of aromatic amines is 1. The molecule has 29 heavy (non-hydrogen) atoms. The molecule has 9 nitrogen and oxygen atoms in total. The lowest BCUT2D eigenvalue weighted by atomic mass is 10.2. The van der Waals surface area contributed by atoms with Crippen LogP contribution in [0.25, 0.3) is 17.0 Å². The summed E-state index contributed by atoms with van der Waals surface area (Å²) in [6.45, 7) is 3.67. The number of nitrogens with zero attached hydrogens (tertiary/aromatic N) is 5. The first kappa shape index (κ1) is 17.6. The summed E-state index contributed by atoms with van der Waals surface area (Å²) in [7, 11) is 0. The van der Waals surface area contributed by atoms with Crippen LogP contribution < -0.4 is 15.9 Å². The lowest BCUT2D eigenvalue weighted by Gasteiger charge is -2.22. The number of imidazole rings is 1. The number of aromatic nitrogens is 5. The molecule has 4 aromatic rings. The van der Waals surface area contributed by atoms with Crippen LogP contribution in [0.15, 0.2) is 41.5 Å². The Labute approximate surface area is 169 Å². The van der Waals surface area contributed by atoms with E-state index in [-0.39, 0.29) is 11.6 Å². The van der Waals surface area contributed by atoms with Crippen molar-refractivity contribution in [2.45, 2.75) is 13.5 Å². The van der Waals surface area contributed by atoms with Crippen LogP contribution >= 0.6 is 11.3 Å². The Morgan fingerprint density at radius 2 is 2.10 bits per heavy atom. The smallest absolute Gasteiger partial charge is 0.333 e. The van der Waals surface area contributed by atoms with Gasteiger partial charge in [-0.05, 0) is 31.2 Å². The van der Waals surface area contributed by atoms with Gasteiger partial charge < -0.3 is 10.2 Å². The topological polar surface area (TPSA) is 109 Å². The Morgan fingerprint density at radius 1 is 1.21 bits per heavy atom. The number of hydrogen-bond donors (Lipinski definition) is 2. The van der Waals surface area contributed by atoms with Crippen molar-refractivity contribution in [1.82, 2.24) is 29.8 Å². The third-order valence-electron chi connectivity index (χ3n) is 4.77. The molecule has 0 aliphatic carbocycles. The molecule has 0 saturated carbocycles. The zero-order valence-corrected chi connectivity index (χ0v) is 16.4. The summed E-state index contributed by atoms with van der Waals surface area (Å²) in [6.07, 6.45) is 3.47. The number of amides is 1. The molecule has 2 N–H and O–H groups in total. The number of carbonyl (C=O) groups excluding carboxylic acids is 1. The van der Waals surface area contributed by atoms with Crippen LogP contribution in [0.1, 0.15) is 20.2 Å².